The molecule has 2 fully saturated rings. The Balaban J connectivity index is 0.984. The zero-order chi connectivity index (χ0) is 39.1. The normalized spacial score (nSPS) is 26.2. The van der Waals surface area contributed by atoms with Gasteiger partial charge in [0.25, 0.3) is 0 Å². The van der Waals surface area contributed by atoms with Gasteiger partial charge < -0.3 is 34.6 Å². The minimum Gasteiger partial charge on any atom is -0.493 e. The lowest BCUT2D eigenvalue weighted by Crippen LogP contribution is -2.63. The van der Waals surface area contributed by atoms with Gasteiger partial charge in [0.2, 0.25) is 5.91 Å². The highest BCUT2D eigenvalue weighted by molar-refractivity contribution is 8.03. The number of rotatable bonds is 19. The number of aliphatic hydroxyl groups is 1. The number of nitrogens with one attached hydrogen (secondary N) is 2. The van der Waals surface area contributed by atoms with Crippen molar-refractivity contribution >= 4 is 41.6 Å². The van der Waals surface area contributed by atoms with Gasteiger partial charge in [0.1, 0.15) is 23.9 Å². The number of carboxylic acids is 1. The van der Waals surface area contributed by atoms with Crippen molar-refractivity contribution in [1.29, 1.82) is 0 Å². The molecule has 2 aromatic rings. The number of carbonyl (C=O) groups is 2. The highest BCUT2D eigenvalue weighted by Crippen LogP contribution is 2.52. The van der Waals surface area contributed by atoms with Crippen LogP contribution in [0.5, 0.6) is 17.2 Å². The van der Waals surface area contributed by atoms with Crippen LogP contribution >= 0.6 is 23.9 Å². The molecule has 1 amide bonds. The molecule has 0 spiro atoms. The van der Waals surface area contributed by atoms with Crippen molar-refractivity contribution < 1.29 is 34.0 Å². The van der Waals surface area contributed by atoms with Gasteiger partial charge in [0.05, 0.1) is 38.8 Å². The first kappa shape index (κ1) is 40.9. The number of β-lactam (4-membered cyclic amide) rings is 1. The number of carbonyl (C=O) groups excluding carboxylic acids is 1. The van der Waals surface area contributed by atoms with Crippen molar-refractivity contribution in [3.63, 3.8) is 0 Å². The second kappa shape index (κ2) is 18.9. The fourth-order valence-electron chi connectivity index (χ4n) is 8.28. The maximum absolute atomic E-state index is 12.9. The molecule has 7 atom stereocenters. The third-order valence-corrected chi connectivity index (χ3v) is 12.7. The van der Waals surface area contributed by atoms with Gasteiger partial charge in [-0.2, -0.15) is 0 Å². The molecule has 7 unspecified atom stereocenters. The van der Waals surface area contributed by atoms with E-state index in [2.05, 4.69) is 39.2 Å². The fraction of sp³-hybridized carbons (Fsp3) is 0.525. The molecule has 6 rings (SSSR count). The number of aliphatic hydroxyl groups excluding tert-OH is 1. The number of ether oxygens (including phenoxy) is 3. The molecule has 0 aliphatic carbocycles. The Hall–Kier alpha value is -3.73. The number of carboxylic acid groups (broad SMARTS) is 1. The monoisotopic (exact) mass is 794 g/mol. The summed E-state index contributed by atoms with van der Waals surface area (Å²) in [6, 6.07) is 14.4. The van der Waals surface area contributed by atoms with Crippen LogP contribution in [0.15, 0.2) is 70.2 Å². The molecular formula is C40H54N6O7S2. The topological polar surface area (TPSA) is 171 Å². The van der Waals surface area contributed by atoms with Gasteiger partial charge in [0, 0.05) is 59.9 Å². The van der Waals surface area contributed by atoms with Gasteiger partial charge in [-0.1, -0.05) is 31.2 Å². The van der Waals surface area contributed by atoms with Crippen LogP contribution in [0.1, 0.15) is 44.2 Å². The number of benzene rings is 2. The quantitative estimate of drug-likeness (QED) is 0.0786. The number of aliphatic carboxylic acids is 1. The van der Waals surface area contributed by atoms with Crippen LogP contribution in [-0.2, 0) is 22.4 Å². The Bertz CT molecular complexity index is 1770. The van der Waals surface area contributed by atoms with Crippen LogP contribution in [0.25, 0.3) is 0 Å². The van der Waals surface area contributed by atoms with Gasteiger partial charge in [-0.15, -0.1) is 11.8 Å². The van der Waals surface area contributed by atoms with E-state index in [-0.39, 0.29) is 40.9 Å². The summed E-state index contributed by atoms with van der Waals surface area (Å²) >= 11 is 2.68. The predicted molar refractivity (Wildman–Crippen MR) is 217 cm³/mol. The first-order chi connectivity index (χ1) is 26.6. The van der Waals surface area contributed by atoms with E-state index in [1.807, 2.05) is 37.3 Å². The summed E-state index contributed by atoms with van der Waals surface area (Å²) < 4.78 is 20.1. The fourth-order valence-corrected chi connectivity index (χ4v) is 10.2. The van der Waals surface area contributed by atoms with E-state index in [9.17, 15) is 19.8 Å². The maximum atomic E-state index is 12.9. The summed E-state index contributed by atoms with van der Waals surface area (Å²) in [6.07, 6.45) is 7.94. The van der Waals surface area contributed by atoms with Crippen LogP contribution < -0.4 is 29.4 Å². The van der Waals surface area contributed by atoms with Gasteiger partial charge in [-0.25, -0.2) is 9.52 Å². The van der Waals surface area contributed by atoms with Crippen LogP contribution in [0.2, 0.25) is 0 Å². The molecule has 4 heterocycles. The number of amidine groups is 1. The largest absolute Gasteiger partial charge is 0.493 e. The smallest absolute Gasteiger partial charge is 0.353 e. The molecule has 0 saturated carbocycles. The second-order valence-corrected chi connectivity index (χ2v) is 16.5. The molecule has 2 aromatic carbocycles. The number of aliphatic imine (C=N–C) groups is 1. The number of hydrogen-bond acceptors (Lipinski definition) is 12. The molecule has 298 valence electrons. The SMILES string of the molecule is COc1ccc(CCCc2cccc(OCCN=C3C=CCC(CN4CC(SC5=C(C(=O)O)N6C(=O)C(C(C)O)C6C5C)CC4CNSN)N3)c2)cc1OC. The number of fused-ring (bicyclic) bond motifs is 1. The van der Waals surface area contributed by atoms with Gasteiger partial charge in [-0.3, -0.25) is 19.8 Å². The predicted octanol–water partition coefficient (Wildman–Crippen LogP) is 4.02. The van der Waals surface area contributed by atoms with Crippen molar-refractivity contribution in [1.82, 2.24) is 19.8 Å². The number of aryl methyl sites for hydroxylation is 2. The molecule has 13 nitrogen and oxygen atoms in total. The summed E-state index contributed by atoms with van der Waals surface area (Å²) in [4.78, 5) is 34.6. The number of amides is 1. The minimum atomic E-state index is -1.09. The van der Waals surface area contributed by atoms with E-state index in [0.29, 0.717) is 19.7 Å². The molecule has 15 heteroatoms. The lowest BCUT2D eigenvalue weighted by atomic mass is 9.79. The molecular weight excluding hydrogens is 741 g/mol. The summed E-state index contributed by atoms with van der Waals surface area (Å²) in [5.74, 6) is 1.03. The van der Waals surface area contributed by atoms with Crippen LogP contribution in [0.4, 0.5) is 0 Å². The van der Waals surface area contributed by atoms with Gasteiger partial charge in [0.15, 0.2) is 11.5 Å². The highest BCUT2D eigenvalue weighted by Gasteiger charge is 2.60. The van der Waals surface area contributed by atoms with Crippen molar-refractivity contribution in [3.05, 3.63) is 76.3 Å². The van der Waals surface area contributed by atoms with Crippen LogP contribution in [-0.4, -0.2) is 114 Å². The van der Waals surface area contributed by atoms with Crippen molar-refractivity contribution in [2.45, 2.75) is 75.4 Å². The average molecular weight is 795 g/mol. The summed E-state index contributed by atoms with van der Waals surface area (Å²) in [6.45, 7) is 6.80. The molecule has 0 aromatic heterocycles. The Kier molecular flexibility index (Phi) is 14.1. The number of methoxy groups -OCH3 is 2. The standard InChI is InChI=1S/C40H54N6O7S2/c1-24-36-35(25(2)47)39(48)46(36)37(40(49)50)38(24)54-31-20-29(21-43-55-41)45(23-31)22-28-11-7-13-34(44-28)42-16-17-53-30-12-6-10-26(18-30)8-5-9-27-14-15-32(51-3)33(19-27)52-4/h6-7,10,12-15,18-19,24-25,28-29,31,35-36,43,47H,5,8-9,11,16-17,20-23,41H2,1-4H3,(H,42,44)(H,49,50). The van der Waals surface area contributed by atoms with E-state index < -0.39 is 18.0 Å². The van der Waals surface area contributed by atoms with E-state index in [1.165, 1.54) is 16.0 Å². The van der Waals surface area contributed by atoms with Crippen LogP contribution in [0, 0.1) is 11.8 Å². The number of hydrogen-bond donors (Lipinski definition) is 5. The highest BCUT2D eigenvalue weighted by atomic mass is 32.2. The summed E-state index contributed by atoms with van der Waals surface area (Å²) in [5.41, 5.74) is 2.52. The molecule has 4 aliphatic heterocycles. The van der Waals surface area contributed by atoms with Crippen molar-refractivity contribution in [3.8, 4) is 17.2 Å². The lowest BCUT2D eigenvalue weighted by Gasteiger charge is -2.46. The first-order valence-electron chi connectivity index (χ1n) is 19.0. The van der Waals surface area contributed by atoms with E-state index in [1.54, 1.807) is 32.9 Å². The van der Waals surface area contributed by atoms with E-state index in [0.717, 1.165) is 85.3 Å². The Morgan fingerprint density at radius 3 is 2.65 bits per heavy atom. The van der Waals surface area contributed by atoms with Crippen LogP contribution in [0.3, 0.4) is 0 Å². The zero-order valence-electron chi connectivity index (χ0n) is 32.0. The van der Waals surface area contributed by atoms with E-state index in [4.69, 9.17) is 24.3 Å². The minimum absolute atomic E-state index is 0.0779. The molecule has 0 radical (unpaired) electrons. The number of nitrogens with two attached hydrogens (primary N) is 1. The molecule has 0 bridgehead atoms. The lowest BCUT2D eigenvalue weighted by molar-refractivity contribution is -0.163. The zero-order valence-corrected chi connectivity index (χ0v) is 33.6. The summed E-state index contributed by atoms with van der Waals surface area (Å²) in [7, 11) is 3.30. The third-order valence-electron chi connectivity index (χ3n) is 10.9. The Morgan fingerprint density at radius 2 is 1.93 bits per heavy atom. The third kappa shape index (κ3) is 9.63. The molecule has 55 heavy (non-hydrogen) atoms. The maximum Gasteiger partial charge on any atom is 0.353 e. The van der Waals surface area contributed by atoms with E-state index >= 15 is 0 Å². The number of thioether (sulfide) groups is 1. The molecule has 6 N–H and O–H groups in total. The van der Waals surface area contributed by atoms with Gasteiger partial charge in [-0.05, 0) is 80.5 Å². The molecule has 2 saturated heterocycles. The molecule has 4 aliphatic rings. The second-order valence-electron chi connectivity index (χ2n) is 14.6. The number of likely N-dealkylation sites (tertiary alicyclic amines) is 1. The Morgan fingerprint density at radius 1 is 1.15 bits per heavy atom. The average Bonchev–Trinajstić information content (AvgIpc) is 3.66. The Labute approximate surface area is 332 Å². The van der Waals surface area contributed by atoms with Crippen molar-refractivity contribution in [2.75, 3.05) is 47.0 Å². The van der Waals surface area contributed by atoms with Gasteiger partial charge >= 0.3 is 5.97 Å². The number of nitrogens with zero attached hydrogens (tertiary/aromatic N) is 3. The summed E-state index contributed by atoms with van der Waals surface area (Å²) in [5, 5.41) is 29.9. The first-order valence-corrected chi connectivity index (χ1v) is 20.8. The van der Waals surface area contributed by atoms with Crippen molar-refractivity contribution in [2.24, 2.45) is 22.0 Å².